The van der Waals surface area contributed by atoms with E-state index >= 15 is 0 Å². The van der Waals surface area contributed by atoms with Gasteiger partial charge in [-0.2, -0.15) is 0 Å². The van der Waals surface area contributed by atoms with Crippen LogP contribution in [-0.4, -0.2) is 30.2 Å². The van der Waals surface area contributed by atoms with Crippen LogP contribution in [0.2, 0.25) is 0 Å². The van der Waals surface area contributed by atoms with E-state index in [0.717, 1.165) is 44.3 Å². The van der Waals surface area contributed by atoms with Gasteiger partial charge in [-0.3, -0.25) is 4.79 Å². The van der Waals surface area contributed by atoms with E-state index in [9.17, 15) is 9.90 Å². The van der Waals surface area contributed by atoms with Gasteiger partial charge in [-0.1, -0.05) is 12.5 Å². The van der Waals surface area contributed by atoms with Crippen LogP contribution in [0.1, 0.15) is 40.7 Å². The lowest BCUT2D eigenvalue weighted by molar-refractivity contribution is 0.0916. The minimum atomic E-state index is -0.247. The Labute approximate surface area is 119 Å². The van der Waals surface area contributed by atoms with Crippen LogP contribution >= 0.6 is 0 Å². The van der Waals surface area contributed by atoms with E-state index in [1.807, 2.05) is 12.1 Å². The molecule has 1 aromatic rings. The molecule has 3 rings (SSSR count). The van der Waals surface area contributed by atoms with Crippen LogP contribution in [0.15, 0.2) is 18.2 Å². The van der Waals surface area contributed by atoms with Crippen LogP contribution in [0.3, 0.4) is 0 Å². The lowest BCUT2D eigenvalue weighted by Crippen LogP contribution is -2.32. The summed E-state index contributed by atoms with van der Waals surface area (Å²) in [7, 11) is 0. The SMILES string of the molecule is O=C(NCC1CCCC1O)c1ccc2c(c1)CNCC2. The van der Waals surface area contributed by atoms with Crippen molar-refractivity contribution < 1.29 is 9.90 Å². The van der Waals surface area contributed by atoms with Crippen molar-refractivity contribution in [1.82, 2.24) is 10.6 Å². The van der Waals surface area contributed by atoms with Gasteiger partial charge in [0.2, 0.25) is 0 Å². The van der Waals surface area contributed by atoms with Crippen LogP contribution in [0.25, 0.3) is 0 Å². The summed E-state index contributed by atoms with van der Waals surface area (Å²) in [6.45, 7) is 2.44. The number of carbonyl (C=O) groups excluding carboxylic acids is 1. The van der Waals surface area contributed by atoms with Crippen molar-refractivity contribution in [1.29, 1.82) is 0 Å². The minimum Gasteiger partial charge on any atom is -0.393 e. The second-order valence-corrected chi connectivity index (χ2v) is 5.88. The highest BCUT2D eigenvalue weighted by Crippen LogP contribution is 2.24. The molecular formula is C16H22N2O2. The smallest absolute Gasteiger partial charge is 0.251 e. The molecule has 4 heteroatoms. The van der Waals surface area contributed by atoms with Crippen molar-refractivity contribution in [3.8, 4) is 0 Å². The van der Waals surface area contributed by atoms with Crippen molar-refractivity contribution in [2.24, 2.45) is 5.92 Å². The molecule has 0 aromatic heterocycles. The van der Waals surface area contributed by atoms with E-state index < -0.39 is 0 Å². The minimum absolute atomic E-state index is 0.0301. The van der Waals surface area contributed by atoms with Gasteiger partial charge in [0.25, 0.3) is 5.91 Å². The van der Waals surface area contributed by atoms with Gasteiger partial charge in [0.15, 0.2) is 0 Å². The second kappa shape index (κ2) is 5.94. The first-order valence-corrected chi connectivity index (χ1v) is 7.53. The lowest BCUT2D eigenvalue weighted by atomic mass is 9.98. The Hall–Kier alpha value is -1.39. The van der Waals surface area contributed by atoms with Crippen LogP contribution in [-0.2, 0) is 13.0 Å². The average molecular weight is 274 g/mol. The Morgan fingerprint density at radius 2 is 2.25 bits per heavy atom. The van der Waals surface area contributed by atoms with E-state index in [1.165, 1.54) is 11.1 Å². The molecule has 1 saturated carbocycles. The molecule has 0 spiro atoms. The number of hydrogen-bond acceptors (Lipinski definition) is 3. The maximum atomic E-state index is 12.2. The highest BCUT2D eigenvalue weighted by Gasteiger charge is 2.25. The third-order valence-electron chi connectivity index (χ3n) is 4.50. The summed E-state index contributed by atoms with van der Waals surface area (Å²) in [6.07, 6.45) is 3.72. The van der Waals surface area contributed by atoms with Gasteiger partial charge in [0.05, 0.1) is 6.10 Å². The van der Waals surface area contributed by atoms with Crippen molar-refractivity contribution in [2.45, 2.75) is 38.3 Å². The summed E-state index contributed by atoms with van der Waals surface area (Å²) in [6, 6.07) is 5.96. The number of fused-ring (bicyclic) bond motifs is 1. The Kier molecular flexibility index (Phi) is 4.03. The van der Waals surface area contributed by atoms with Crippen LogP contribution in [0, 0.1) is 5.92 Å². The second-order valence-electron chi connectivity index (χ2n) is 5.88. The fourth-order valence-corrected chi connectivity index (χ4v) is 3.20. The molecule has 2 aliphatic rings. The summed E-state index contributed by atoms with van der Waals surface area (Å²) < 4.78 is 0. The fraction of sp³-hybridized carbons (Fsp3) is 0.562. The quantitative estimate of drug-likeness (QED) is 0.777. The molecule has 1 aliphatic carbocycles. The van der Waals surface area contributed by atoms with Gasteiger partial charge in [0, 0.05) is 24.6 Å². The first kappa shape index (κ1) is 13.6. The van der Waals surface area contributed by atoms with Crippen LogP contribution in [0.5, 0.6) is 0 Å². The summed E-state index contributed by atoms with van der Waals surface area (Å²) in [5, 5.41) is 16.1. The molecule has 20 heavy (non-hydrogen) atoms. The van der Waals surface area contributed by atoms with Crippen molar-refractivity contribution in [3.63, 3.8) is 0 Å². The normalized spacial score (nSPS) is 25.2. The summed E-state index contributed by atoms with van der Waals surface area (Å²) in [4.78, 5) is 12.2. The zero-order valence-electron chi connectivity index (χ0n) is 11.7. The highest BCUT2D eigenvalue weighted by atomic mass is 16.3. The Balaban J connectivity index is 1.62. The van der Waals surface area contributed by atoms with Gasteiger partial charge in [-0.15, -0.1) is 0 Å². The number of rotatable bonds is 3. The number of amides is 1. The van der Waals surface area contributed by atoms with Gasteiger partial charge in [-0.05, 0) is 49.1 Å². The van der Waals surface area contributed by atoms with E-state index in [-0.39, 0.29) is 17.9 Å². The summed E-state index contributed by atoms with van der Waals surface area (Å²) in [5.41, 5.74) is 3.29. The molecule has 1 amide bonds. The Bertz CT molecular complexity index is 501. The zero-order chi connectivity index (χ0) is 13.9. The molecule has 0 radical (unpaired) electrons. The Morgan fingerprint density at radius 1 is 1.35 bits per heavy atom. The first-order valence-electron chi connectivity index (χ1n) is 7.53. The van der Waals surface area contributed by atoms with Gasteiger partial charge >= 0.3 is 0 Å². The fourth-order valence-electron chi connectivity index (χ4n) is 3.20. The maximum absolute atomic E-state index is 12.2. The molecule has 0 saturated heterocycles. The molecular weight excluding hydrogens is 252 g/mol. The summed E-state index contributed by atoms with van der Waals surface area (Å²) >= 11 is 0. The van der Waals surface area contributed by atoms with Gasteiger partial charge in [-0.25, -0.2) is 0 Å². The molecule has 1 aromatic carbocycles. The van der Waals surface area contributed by atoms with Crippen molar-refractivity contribution >= 4 is 5.91 Å². The van der Waals surface area contributed by atoms with Gasteiger partial charge in [0.1, 0.15) is 0 Å². The molecule has 1 aliphatic heterocycles. The number of nitrogens with one attached hydrogen (secondary N) is 2. The van der Waals surface area contributed by atoms with Crippen LogP contribution < -0.4 is 10.6 Å². The van der Waals surface area contributed by atoms with E-state index in [1.54, 1.807) is 0 Å². The van der Waals surface area contributed by atoms with E-state index in [2.05, 4.69) is 16.7 Å². The Morgan fingerprint density at radius 3 is 3.05 bits per heavy atom. The highest BCUT2D eigenvalue weighted by molar-refractivity contribution is 5.94. The maximum Gasteiger partial charge on any atom is 0.251 e. The lowest BCUT2D eigenvalue weighted by Gasteiger charge is -2.18. The topological polar surface area (TPSA) is 61.4 Å². The van der Waals surface area contributed by atoms with Crippen LogP contribution in [0.4, 0.5) is 0 Å². The van der Waals surface area contributed by atoms with E-state index in [0.29, 0.717) is 6.54 Å². The number of benzene rings is 1. The number of aliphatic hydroxyl groups is 1. The number of aliphatic hydroxyl groups excluding tert-OH is 1. The van der Waals surface area contributed by atoms with Gasteiger partial charge < -0.3 is 15.7 Å². The molecule has 1 heterocycles. The first-order chi connectivity index (χ1) is 9.74. The standard InChI is InChI=1S/C16H22N2O2/c19-15-3-1-2-13(15)10-18-16(20)12-5-4-11-6-7-17-9-14(11)8-12/h4-5,8,13,15,17,19H,1-3,6-7,9-10H2,(H,18,20). The molecule has 108 valence electrons. The predicted molar refractivity (Wildman–Crippen MR) is 77.5 cm³/mol. The monoisotopic (exact) mass is 274 g/mol. The summed E-state index contributed by atoms with van der Waals surface area (Å²) in [5.74, 6) is 0.190. The molecule has 0 bridgehead atoms. The predicted octanol–water partition coefficient (Wildman–Crippen LogP) is 1.22. The molecule has 2 atom stereocenters. The average Bonchev–Trinajstić information content (AvgIpc) is 2.89. The number of carbonyl (C=O) groups is 1. The van der Waals surface area contributed by atoms with Crippen molar-refractivity contribution in [3.05, 3.63) is 34.9 Å². The van der Waals surface area contributed by atoms with Crippen molar-refractivity contribution in [2.75, 3.05) is 13.1 Å². The molecule has 1 fully saturated rings. The largest absolute Gasteiger partial charge is 0.393 e. The zero-order valence-corrected chi connectivity index (χ0v) is 11.7. The third kappa shape index (κ3) is 2.86. The van der Waals surface area contributed by atoms with E-state index in [4.69, 9.17) is 0 Å². The molecule has 2 unspecified atom stereocenters. The third-order valence-corrected chi connectivity index (χ3v) is 4.50. The molecule has 3 N–H and O–H groups in total. The number of hydrogen-bond donors (Lipinski definition) is 3. The molecule has 4 nitrogen and oxygen atoms in total.